The zero-order valence-electron chi connectivity index (χ0n) is 10.9. The molecule has 2 N–H and O–H groups in total. The first-order valence-corrected chi connectivity index (χ1v) is 6.79. The minimum atomic E-state index is -0.0412. The summed E-state index contributed by atoms with van der Waals surface area (Å²) in [5.41, 5.74) is 0. The summed E-state index contributed by atoms with van der Waals surface area (Å²) in [5, 5.41) is 6.31. The lowest BCUT2D eigenvalue weighted by Crippen LogP contribution is -2.30. The summed E-state index contributed by atoms with van der Waals surface area (Å²) >= 11 is 0. The Bertz CT molecular complexity index is 356. The van der Waals surface area contributed by atoms with Gasteiger partial charge in [0.2, 0.25) is 5.91 Å². The van der Waals surface area contributed by atoms with E-state index in [-0.39, 0.29) is 11.9 Å². The molecule has 4 nitrogen and oxygen atoms in total. The molecule has 1 aromatic rings. The quantitative estimate of drug-likeness (QED) is 0.842. The molecule has 0 radical (unpaired) electrons. The van der Waals surface area contributed by atoms with Crippen LogP contribution in [-0.2, 0) is 4.79 Å². The minimum absolute atomic E-state index is 0.0412. The van der Waals surface area contributed by atoms with Gasteiger partial charge in [0.15, 0.2) is 0 Å². The molecule has 100 valence electrons. The number of rotatable bonds is 5. The maximum absolute atomic E-state index is 11.8. The van der Waals surface area contributed by atoms with Crippen molar-refractivity contribution in [2.75, 3.05) is 13.1 Å². The molecule has 1 aliphatic heterocycles. The molecule has 0 aromatic carbocycles. The van der Waals surface area contributed by atoms with E-state index in [0.29, 0.717) is 12.3 Å². The molecule has 1 aliphatic rings. The summed E-state index contributed by atoms with van der Waals surface area (Å²) in [4.78, 5) is 11.8. The Labute approximate surface area is 108 Å². The second kappa shape index (κ2) is 6.59. The third-order valence-corrected chi connectivity index (χ3v) is 3.59. The maximum Gasteiger partial charge on any atom is 0.220 e. The van der Waals surface area contributed by atoms with Crippen molar-refractivity contribution in [3.63, 3.8) is 0 Å². The highest BCUT2D eigenvalue weighted by Crippen LogP contribution is 2.18. The van der Waals surface area contributed by atoms with Crippen LogP contribution in [0.5, 0.6) is 0 Å². The van der Waals surface area contributed by atoms with Crippen molar-refractivity contribution in [2.45, 2.75) is 38.6 Å². The Morgan fingerprint density at radius 2 is 2.33 bits per heavy atom. The summed E-state index contributed by atoms with van der Waals surface area (Å²) in [6.45, 7) is 4.13. The molecule has 0 bridgehead atoms. The van der Waals surface area contributed by atoms with Gasteiger partial charge in [-0.05, 0) is 57.3 Å². The van der Waals surface area contributed by atoms with Crippen molar-refractivity contribution in [3.8, 4) is 0 Å². The largest absolute Gasteiger partial charge is 0.467 e. The molecule has 1 amide bonds. The summed E-state index contributed by atoms with van der Waals surface area (Å²) < 4.78 is 5.27. The standard InChI is InChI=1S/C14H22N2O2/c1-11(13-3-2-10-18-13)16-14(17)5-4-12-6-8-15-9-7-12/h2-3,10-12,15H,4-9H2,1H3,(H,16,17)/t11-/m1/s1. The molecule has 0 aliphatic carbocycles. The van der Waals surface area contributed by atoms with Crippen LogP contribution in [0.1, 0.15) is 44.4 Å². The molecule has 2 rings (SSSR count). The van der Waals surface area contributed by atoms with Crippen molar-refractivity contribution in [3.05, 3.63) is 24.2 Å². The highest BCUT2D eigenvalue weighted by molar-refractivity contribution is 5.76. The van der Waals surface area contributed by atoms with Crippen LogP contribution in [0, 0.1) is 5.92 Å². The fourth-order valence-electron chi connectivity index (χ4n) is 2.43. The van der Waals surface area contributed by atoms with Gasteiger partial charge in [-0.15, -0.1) is 0 Å². The number of hydrogen-bond acceptors (Lipinski definition) is 3. The predicted molar refractivity (Wildman–Crippen MR) is 70.1 cm³/mol. The van der Waals surface area contributed by atoms with Crippen LogP contribution in [0.4, 0.5) is 0 Å². The zero-order valence-corrected chi connectivity index (χ0v) is 10.9. The average Bonchev–Trinajstić information content (AvgIpc) is 2.91. The van der Waals surface area contributed by atoms with Crippen molar-refractivity contribution in [1.82, 2.24) is 10.6 Å². The first kappa shape index (κ1) is 13.1. The third kappa shape index (κ3) is 3.88. The van der Waals surface area contributed by atoms with E-state index in [1.807, 2.05) is 19.1 Å². The first-order valence-electron chi connectivity index (χ1n) is 6.79. The Hall–Kier alpha value is -1.29. The van der Waals surface area contributed by atoms with Crippen LogP contribution in [0.3, 0.4) is 0 Å². The van der Waals surface area contributed by atoms with Crippen molar-refractivity contribution < 1.29 is 9.21 Å². The van der Waals surface area contributed by atoms with E-state index in [1.165, 1.54) is 12.8 Å². The minimum Gasteiger partial charge on any atom is -0.467 e. The Morgan fingerprint density at radius 3 is 3.00 bits per heavy atom. The number of carbonyl (C=O) groups excluding carboxylic acids is 1. The molecule has 0 saturated carbocycles. The summed E-state index contributed by atoms with van der Waals surface area (Å²) in [6, 6.07) is 3.69. The van der Waals surface area contributed by atoms with Crippen molar-refractivity contribution >= 4 is 5.91 Å². The van der Waals surface area contributed by atoms with Gasteiger partial charge >= 0.3 is 0 Å². The molecular weight excluding hydrogens is 228 g/mol. The van der Waals surface area contributed by atoms with Gasteiger partial charge in [-0.1, -0.05) is 0 Å². The van der Waals surface area contributed by atoms with Gasteiger partial charge in [0.05, 0.1) is 12.3 Å². The molecule has 4 heteroatoms. The van der Waals surface area contributed by atoms with Gasteiger partial charge in [-0.25, -0.2) is 0 Å². The molecule has 1 fully saturated rings. The molecule has 1 aromatic heterocycles. The number of piperidine rings is 1. The zero-order chi connectivity index (χ0) is 12.8. The van der Waals surface area contributed by atoms with E-state index < -0.39 is 0 Å². The SMILES string of the molecule is C[C@@H](NC(=O)CCC1CCNCC1)c1ccco1. The fourth-order valence-corrected chi connectivity index (χ4v) is 2.43. The van der Waals surface area contributed by atoms with Gasteiger partial charge in [0.25, 0.3) is 0 Å². The number of carbonyl (C=O) groups is 1. The molecule has 2 heterocycles. The predicted octanol–water partition coefficient (Wildman–Crippen LogP) is 2.24. The Balaban J connectivity index is 1.68. The van der Waals surface area contributed by atoms with Gasteiger partial charge in [0, 0.05) is 6.42 Å². The van der Waals surface area contributed by atoms with Crippen molar-refractivity contribution in [1.29, 1.82) is 0 Å². The summed E-state index contributed by atoms with van der Waals surface area (Å²) in [7, 11) is 0. The van der Waals surface area contributed by atoms with Crippen LogP contribution in [0.2, 0.25) is 0 Å². The van der Waals surface area contributed by atoms with Gasteiger partial charge in [-0.3, -0.25) is 4.79 Å². The van der Waals surface area contributed by atoms with Crippen LogP contribution < -0.4 is 10.6 Å². The van der Waals surface area contributed by atoms with Crippen LogP contribution >= 0.6 is 0 Å². The molecule has 1 atom stereocenters. The van der Waals surface area contributed by atoms with E-state index in [4.69, 9.17) is 4.42 Å². The normalized spacial score (nSPS) is 18.5. The smallest absolute Gasteiger partial charge is 0.220 e. The Kier molecular flexibility index (Phi) is 4.81. The monoisotopic (exact) mass is 250 g/mol. The van der Waals surface area contributed by atoms with E-state index >= 15 is 0 Å². The van der Waals surface area contributed by atoms with Gasteiger partial charge < -0.3 is 15.1 Å². The van der Waals surface area contributed by atoms with E-state index in [0.717, 1.165) is 25.3 Å². The van der Waals surface area contributed by atoms with E-state index in [9.17, 15) is 4.79 Å². The lowest BCUT2D eigenvalue weighted by molar-refractivity contribution is -0.122. The lowest BCUT2D eigenvalue weighted by atomic mass is 9.93. The molecular formula is C14H22N2O2. The number of nitrogens with one attached hydrogen (secondary N) is 2. The molecule has 18 heavy (non-hydrogen) atoms. The molecule has 1 saturated heterocycles. The lowest BCUT2D eigenvalue weighted by Gasteiger charge is -2.22. The van der Waals surface area contributed by atoms with Crippen LogP contribution in [-0.4, -0.2) is 19.0 Å². The van der Waals surface area contributed by atoms with Crippen LogP contribution in [0.25, 0.3) is 0 Å². The first-order chi connectivity index (χ1) is 8.75. The van der Waals surface area contributed by atoms with Gasteiger partial charge in [-0.2, -0.15) is 0 Å². The van der Waals surface area contributed by atoms with Gasteiger partial charge in [0.1, 0.15) is 5.76 Å². The highest BCUT2D eigenvalue weighted by atomic mass is 16.3. The average molecular weight is 250 g/mol. The van der Waals surface area contributed by atoms with E-state index in [2.05, 4.69) is 10.6 Å². The number of amides is 1. The topological polar surface area (TPSA) is 54.3 Å². The maximum atomic E-state index is 11.8. The summed E-state index contributed by atoms with van der Waals surface area (Å²) in [5.74, 6) is 1.64. The Morgan fingerprint density at radius 1 is 1.56 bits per heavy atom. The second-order valence-corrected chi connectivity index (χ2v) is 5.04. The highest BCUT2D eigenvalue weighted by Gasteiger charge is 2.16. The third-order valence-electron chi connectivity index (χ3n) is 3.59. The number of furan rings is 1. The van der Waals surface area contributed by atoms with Crippen molar-refractivity contribution in [2.24, 2.45) is 5.92 Å². The summed E-state index contributed by atoms with van der Waals surface area (Å²) in [6.07, 6.45) is 5.64. The molecule has 0 spiro atoms. The molecule has 0 unspecified atom stereocenters. The number of hydrogen-bond donors (Lipinski definition) is 2. The fraction of sp³-hybridized carbons (Fsp3) is 0.643. The van der Waals surface area contributed by atoms with Crippen LogP contribution in [0.15, 0.2) is 22.8 Å². The second-order valence-electron chi connectivity index (χ2n) is 5.04. The van der Waals surface area contributed by atoms with E-state index in [1.54, 1.807) is 6.26 Å².